The van der Waals surface area contributed by atoms with Gasteiger partial charge in [-0.1, -0.05) is 19.1 Å². The number of rotatable bonds is 1. The molecule has 3 rings (SSSR count). The summed E-state index contributed by atoms with van der Waals surface area (Å²) in [5.74, 6) is -0.0610. The molecule has 0 bridgehead atoms. The van der Waals surface area contributed by atoms with Gasteiger partial charge < -0.3 is 14.4 Å². The third kappa shape index (κ3) is 2.67. The molecule has 1 aromatic carbocycles. The summed E-state index contributed by atoms with van der Waals surface area (Å²) in [5.41, 5.74) is 2.24. The number of carbonyl (C=O) groups is 2. The van der Waals surface area contributed by atoms with Gasteiger partial charge in [-0.25, -0.2) is 4.79 Å². The Hall–Kier alpha value is -2.04. The fraction of sp³-hybridized carbons (Fsp3) is 0.529. The summed E-state index contributed by atoms with van der Waals surface area (Å²) in [6.07, 6.45) is 2.82. The third-order valence-corrected chi connectivity index (χ3v) is 4.54. The van der Waals surface area contributed by atoms with Gasteiger partial charge in [0.2, 0.25) is 0 Å². The normalized spacial score (nSPS) is 23.6. The summed E-state index contributed by atoms with van der Waals surface area (Å²) < 4.78 is 10.2. The fourth-order valence-electron chi connectivity index (χ4n) is 3.32. The zero-order chi connectivity index (χ0) is 15.7. The Balaban J connectivity index is 1.89. The minimum Gasteiger partial charge on any atom is -0.493 e. The molecule has 5 nitrogen and oxygen atoms in total. The second kappa shape index (κ2) is 5.99. The molecule has 0 radical (unpaired) electrons. The van der Waals surface area contributed by atoms with Gasteiger partial charge in [0.25, 0.3) is 0 Å². The molecule has 1 aromatic rings. The number of carbonyl (C=O) groups excluding carboxylic acids is 2. The minimum absolute atomic E-state index is 0.0858. The quantitative estimate of drug-likeness (QED) is 0.589. The summed E-state index contributed by atoms with van der Waals surface area (Å²) in [6, 6.07) is 6.04. The fourth-order valence-corrected chi connectivity index (χ4v) is 3.32. The number of hydrogen-bond acceptors (Lipinski definition) is 4. The van der Waals surface area contributed by atoms with E-state index >= 15 is 0 Å². The van der Waals surface area contributed by atoms with Crippen LogP contribution in [0.25, 0.3) is 0 Å². The lowest BCUT2D eigenvalue weighted by molar-refractivity contribution is -0.160. The SMILES string of the molecule is COC(=O)C(=O)N1CC(C)CCC1c1ccc2c(c1)OCC2. The first-order valence-corrected chi connectivity index (χ1v) is 7.74. The predicted molar refractivity (Wildman–Crippen MR) is 80.5 cm³/mol. The first-order valence-electron chi connectivity index (χ1n) is 7.74. The van der Waals surface area contributed by atoms with Gasteiger partial charge in [-0.2, -0.15) is 0 Å². The van der Waals surface area contributed by atoms with E-state index in [1.54, 1.807) is 4.90 Å². The van der Waals surface area contributed by atoms with Crippen molar-refractivity contribution >= 4 is 11.9 Å². The molecule has 0 saturated carbocycles. The highest BCUT2D eigenvalue weighted by Gasteiger charge is 2.35. The predicted octanol–water partition coefficient (Wildman–Crippen LogP) is 2.09. The Morgan fingerprint density at radius 2 is 2.14 bits per heavy atom. The summed E-state index contributed by atoms with van der Waals surface area (Å²) in [7, 11) is 1.24. The lowest BCUT2D eigenvalue weighted by atomic mass is 9.89. The van der Waals surface area contributed by atoms with Crippen molar-refractivity contribution in [1.82, 2.24) is 4.90 Å². The smallest absolute Gasteiger partial charge is 0.396 e. The molecule has 5 heteroatoms. The molecule has 118 valence electrons. The molecule has 2 aliphatic rings. The number of hydrogen-bond donors (Lipinski definition) is 0. The first-order chi connectivity index (χ1) is 10.6. The number of fused-ring (bicyclic) bond motifs is 1. The summed E-state index contributed by atoms with van der Waals surface area (Å²) in [4.78, 5) is 25.6. The highest BCUT2D eigenvalue weighted by molar-refractivity contribution is 6.32. The van der Waals surface area contributed by atoms with Crippen molar-refractivity contribution in [3.63, 3.8) is 0 Å². The van der Waals surface area contributed by atoms with Gasteiger partial charge in [0.1, 0.15) is 5.75 Å². The molecule has 1 fully saturated rings. The van der Waals surface area contributed by atoms with Crippen LogP contribution in [0.3, 0.4) is 0 Å². The number of methoxy groups -OCH3 is 1. The number of likely N-dealkylation sites (tertiary alicyclic amines) is 1. The third-order valence-electron chi connectivity index (χ3n) is 4.54. The van der Waals surface area contributed by atoms with E-state index in [1.807, 2.05) is 12.1 Å². The summed E-state index contributed by atoms with van der Waals surface area (Å²) in [6.45, 7) is 3.39. The molecule has 0 aliphatic carbocycles. The largest absolute Gasteiger partial charge is 0.493 e. The zero-order valence-corrected chi connectivity index (χ0v) is 13.0. The lowest BCUT2D eigenvalue weighted by Crippen LogP contribution is -2.45. The highest BCUT2D eigenvalue weighted by Crippen LogP contribution is 2.36. The lowest BCUT2D eigenvalue weighted by Gasteiger charge is -2.38. The van der Waals surface area contributed by atoms with Crippen LogP contribution in [0.15, 0.2) is 18.2 Å². The van der Waals surface area contributed by atoms with E-state index in [9.17, 15) is 9.59 Å². The van der Waals surface area contributed by atoms with Crippen LogP contribution in [0.4, 0.5) is 0 Å². The van der Waals surface area contributed by atoms with Crippen molar-refractivity contribution in [3.05, 3.63) is 29.3 Å². The topological polar surface area (TPSA) is 55.8 Å². The van der Waals surface area contributed by atoms with Gasteiger partial charge >= 0.3 is 11.9 Å². The van der Waals surface area contributed by atoms with Gasteiger partial charge in [-0.15, -0.1) is 0 Å². The average Bonchev–Trinajstić information content (AvgIpc) is 3.00. The van der Waals surface area contributed by atoms with E-state index in [0.717, 1.165) is 30.6 Å². The molecule has 2 atom stereocenters. The molecular formula is C17H21NO4. The van der Waals surface area contributed by atoms with E-state index < -0.39 is 11.9 Å². The first kappa shape index (κ1) is 14.9. The molecule has 1 amide bonds. The van der Waals surface area contributed by atoms with Gasteiger partial charge in [-0.3, -0.25) is 4.79 Å². The summed E-state index contributed by atoms with van der Waals surface area (Å²) in [5, 5.41) is 0. The van der Waals surface area contributed by atoms with Crippen LogP contribution in [0.2, 0.25) is 0 Å². The average molecular weight is 303 g/mol. The van der Waals surface area contributed by atoms with Gasteiger partial charge in [-0.05, 0) is 36.0 Å². The van der Waals surface area contributed by atoms with Crippen LogP contribution in [0, 0.1) is 5.92 Å². The van der Waals surface area contributed by atoms with Gasteiger partial charge in [0, 0.05) is 13.0 Å². The van der Waals surface area contributed by atoms with Gasteiger partial charge in [0.05, 0.1) is 19.8 Å². The van der Waals surface area contributed by atoms with Gasteiger partial charge in [0.15, 0.2) is 0 Å². The number of esters is 1. The molecule has 1 saturated heterocycles. The standard InChI is InChI=1S/C17H21NO4/c1-11-3-6-14(18(10-11)16(19)17(20)21-2)13-5-4-12-7-8-22-15(12)9-13/h4-5,9,11,14H,3,6-8,10H2,1-2H3. The Bertz CT molecular complexity index is 598. The number of nitrogens with zero attached hydrogens (tertiary/aromatic N) is 1. The van der Waals surface area contributed by atoms with Crippen LogP contribution in [0.5, 0.6) is 5.75 Å². The Labute approximate surface area is 130 Å². The molecule has 0 aromatic heterocycles. The maximum Gasteiger partial charge on any atom is 0.396 e. The maximum absolute atomic E-state index is 12.3. The number of piperidine rings is 1. The molecule has 0 spiro atoms. The maximum atomic E-state index is 12.3. The van der Waals surface area contributed by atoms with E-state index in [1.165, 1.54) is 12.7 Å². The summed E-state index contributed by atoms with van der Waals surface area (Å²) >= 11 is 0. The van der Waals surface area contributed by atoms with Crippen molar-refractivity contribution in [2.75, 3.05) is 20.3 Å². The van der Waals surface area contributed by atoms with Crippen LogP contribution >= 0.6 is 0 Å². The van der Waals surface area contributed by atoms with Crippen molar-refractivity contribution in [2.45, 2.75) is 32.2 Å². The van der Waals surface area contributed by atoms with E-state index in [4.69, 9.17) is 4.74 Å². The van der Waals surface area contributed by atoms with E-state index in [2.05, 4.69) is 17.7 Å². The molecule has 2 heterocycles. The highest BCUT2D eigenvalue weighted by atomic mass is 16.5. The van der Waals surface area contributed by atoms with Crippen LogP contribution in [-0.4, -0.2) is 37.0 Å². The second-order valence-electron chi connectivity index (χ2n) is 6.11. The number of benzene rings is 1. The minimum atomic E-state index is -0.795. The van der Waals surface area contributed by atoms with Crippen molar-refractivity contribution in [3.8, 4) is 5.75 Å². The molecule has 2 unspecified atom stereocenters. The van der Waals surface area contributed by atoms with E-state index in [-0.39, 0.29) is 6.04 Å². The monoisotopic (exact) mass is 303 g/mol. The number of ether oxygens (including phenoxy) is 2. The Morgan fingerprint density at radius 1 is 1.32 bits per heavy atom. The molecule has 22 heavy (non-hydrogen) atoms. The van der Waals surface area contributed by atoms with E-state index in [0.29, 0.717) is 19.1 Å². The van der Waals surface area contributed by atoms with Crippen LogP contribution in [0.1, 0.15) is 36.9 Å². The molecule has 2 aliphatic heterocycles. The Kier molecular flexibility index (Phi) is 4.05. The van der Waals surface area contributed by atoms with Crippen molar-refractivity contribution < 1.29 is 19.1 Å². The second-order valence-corrected chi connectivity index (χ2v) is 6.11. The molecular weight excluding hydrogens is 282 g/mol. The Morgan fingerprint density at radius 3 is 2.91 bits per heavy atom. The van der Waals surface area contributed by atoms with Crippen LogP contribution in [-0.2, 0) is 20.7 Å². The van der Waals surface area contributed by atoms with Crippen molar-refractivity contribution in [1.29, 1.82) is 0 Å². The number of amides is 1. The van der Waals surface area contributed by atoms with Crippen molar-refractivity contribution in [2.24, 2.45) is 5.92 Å². The van der Waals surface area contributed by atoms with Crippen LogP contribution < -0.4 is 4.74 Å². The zero-order valence-electron chi connectivity index (χ0n) is 13.0. The molecule has 0 N–H and O–H groups in total.